The molecular formula is C16H16N4O2S2. The van der Waals surface area contributed by atoms with Crippen molar-refractivity contribution in [1.82, 2.24) is 15.2 Å². The molecule has 0 saturated carbocycles. The molecule has 1 N–H and O–H groups in total. The number of nitrogens with zero attached hydrogens (tertiary/aromatic N) is 3. The van der Waals surface area contributed by atoms with E-state index in [9.17, 15) is 4.79 Å². The van der Waals surface area contributed by atoms with Crippen molar-refractivity contribution in [1.29, 1.82) is 0 Å². The van der Waals surface area contributed by atoms with E-state index >= 15 is 0 Å². The summed E-state index contributed by atoms with van der Waals surface area (Å²) in [6.45, 7) is 5.89. The minimum Gasteiger partial charge on any atom is -0.402 e. The Morgan fingerprint density at radius 3 is 2.62 bits per heavy atom. The van der Waals surface area contributed by atoms with Crippen LogP contribution in [0.25, 0.3) is 10.8 Å². The lowest BCUT2D eigenvalue weighted by molar-refractivity contribution is 0.102. The number of amides is 1. The van der Waals surface area contributed by atoms with Crippen molar-refractivity contribution in [3.05, 3.63) is 40.5 Å². The van der Waals surface area contributed by atoms with E-state index in [-0.39, 0.29) is 11.9 Å². The molecule has 24 heavy (non-hydrogen) atoms. The quantitative estimate of drug-likeness (QED) is 0.688. The zero-order valence-electron chi connectivity index (χ0n) is 13.5. The Morgan fingerprint density at radius 1 is 1.25 bits per heavy atom. The number of carbonyl (C=O) groups excluding carboxylic acids is 1. The highest BCUT2D eigenvalue weighted by atomic mass is 32.2. The summed E-state index contributed by atoms with van der Waals surface area (Å²) in [5.74, 6) is 1.07. The van der Waals surface area contributed by atoms with Gasteiger partial charge in [-0.3, -0.25) is 10.1 Å². The average molecular weight is 360 g/mol. The molecular weight excluding hydrogens is 344 g/mol. The van der Waals surface area contributed by atoms with Crippen LogP contribution in [0.1, 0.15) is 28.0 Å². The van der Waals surface area contributed by atoms with E-state index in [1.807, 2.05) is 26.0 Å². The number of thiazole rings is 1. The van der Waals surface area contributed by atoms with Gasteiger partial charge in [-0.05, 0) is 43.9 Å². The van der Waals surface area contributed by atoms with Gasteiger partial charge in [0.1, 0.15) is 4.88 Å². The maximum absolute atomic E-state index is 12.2. The number of hydrogen-bond donors (Lipinski definition) is 1. The molecule has 0 saturated heterocycles. The van der Waals surface area contributed by atoms with Crippen LogP contribution in [0.4, 0.5) is 6.01 Å². The molecule has 0 aliphatic heterocycles. The van der Waals surface area contributed by atoms with Crippen LogP contribution in [-0.2, 0) is 0 Å². The molecule has 6 nitrogen and oxygen atoms in total. The minimum absolute atomic E-state index is 0.0764. The fourth-order valence-electron chi connectivity index (χ4n) is 2.13. The Balaban J connectivity index is 1.72. The zero-order chi connectivity index (χ0) is 17.1. The van der Waals surface area contributed by atoms with E-state index in [1.54, 1.807) is 23.9 Å². The maximum Gasteiger partial charge on any atom is 0.322 e. The van der Waals surface area contributed by atoms with Crippen molar-refractivity contribution in [2.24, 2.45) is 0 Å². The first kappa shape index (κ1) is 16.7. The first-order valence-corrected chi connectivity index (χ1v) is 9.19. The number of anilines is 1. The first-order chi connectivity index (χ1) is 11.6. The van der Waals surface area contributed by atoms with Gasteiger partial charge in [-0.2, -0.15) is 0 Å². The minimum atomic E-state index is -0.282. The maximum atomic E-state index is 12.2. The van der Waals surface area contributed by atoms with Crippen LogP contribution < -0.4 is 5.32 Å². The number of aromatic nitrogens is 3. The molecule has 1 amide bonds. The third kappa shape index (κ3) is 3.65. The van der Waals surface area contributed by atoms with E-state index < -0.39 is 0 Å². The van der Waals surface area contributed by atoms with Gasteiger partial charge < -0.3 is 4.42 Å². The molecule has 0 radical (unpaired) electrons. The number of benzene rings is 1. The number of hydrogen-bond acceptors (Lipinski definition) is 7. The summed E-state index contributed by atoms with van der Waals surface area (Å²) in [5.41, 5.74) is 1.38. The molecule has 0 atom stereocenters. The van der Waals surface area contributed by atoms with Gasteiger partial charge in [-0.15, -0.1) is 28.2 Å². The fraction of sp³-hybridized carbons (Fsp3) is 0.250. The summed E-state index contributed by atoms with van der Waals surface area (Å²) in [6, 6.07) is 7.48. The van der Waals surface area contributed by atoms with Gasteiger partial charge in [0.05, 0.1) is 10.7 Å². The van der Waals surface area contributed by atoms with Gasteiger partial charge in [0.2, 0.25) is 0 Å². The molecule has 3 rings (SSSR count). The molecule has 0 aliphatic rings. The van der Waals surface area contributed by atoms with Gasteiger partial charge >= 0.3 is 6.01 Å². The van der Waals surface area contributed by atoms with Crippen molar-refractivity contribution < 1.29 is 9.21 Å². The molecule has 0 bridgehead atoms. The van der Waals surface area contributed by atoms with Crippen LogP contribution in [0.2, 0.25) is 0 Å². The second-order valence-corrected chi connectivity index (χ2v) is 7.51. The lowest BCUT2D eigenvalue weighted by Gasteiger charge is -2.02. The Hall–Kier alpha value is -2.19. The third-order valence-electron chi connectivity index (χ3n) is 3.17. The highest BCUT2D eigenvalue weighted by molar-refractivity contribution is 7.99. The van der Waals surface area contributed by atoms with Gasteiger partial charge in [-0.25, -0.2) is 4.98 Å². The summed E-state index contributed by atoms with van der Waals surface area (Å²) in [6.07, 6.45) is 0. The van der Waals surface area contributed by atoms with E-state index in [0.717, 1.165) is 26.2 Å². The number of carbonyl (C=O) groups is 1. The van der Waals surface area contributed by atoms with E-state index in [1.165, 1.54) is 11.3 Å². The highest BCUT2D eigenvalue weighted by Crippen LogP contribution is 2.29. The summed E-state index contributed by atoms with van der Waals surface area (Å²) in [5, 5.41) is 11.4. The third-order valence-corrected chi connectivity index (χ3v) is 5.13. The second kappa shape index (κ2) is 7.14. The molecule has 0 spiro atoms. The van der Waals surface area contributed by atoms with E-state index in [4.69, 9.17) is 4.42 Å². The molecule has 124 valence electrons. The molecule has 3 aromatic rings. The van der Waals surface area contributed by atoms with Gasteiger partial charge in [0, 0.05) is 10.5 Å². The molecule has 0 unspecified atom stereocenters. The van der Waals surface area contributed by atoms with Crippen molar-refractivity contribution >= 4 is 35.0 Å². The molecule has 2 aromatic heterocycles. The SMILES string of the molecule is CCSc1ccc(C(=O)Nc2nnc(-c3sc(C)nc3C)o2)cc1. The Morgan fingerprint density at radius 2 is 2.00 bits per heavy atom. The van der Waals surface area contributed by atoms with Crippen molar-refractivity contribution in [3.8, 4) is 10.8 Å². The molecule has 2 heterocycles. The molecule has 0 aliphatic carbocycles. The second-order valence-electron chi connectivity index (χ2n) is 4.97. The van der Waals surface area contributed by atoms with Crippen LogP contribution in [0, 0.1) is 13.8 Å². The predicted octanol–water partition coefficient (Wildman–Crippen LogP) is 4.17. The van der Waals surface area contributed by atoms with E-state index in [0.29, 0.717) is 11.5 Å². The lowest BCUT2D eigenvalue weighted by atomic mass is 10.2. The highest BCUT2D eigenvalue weighted by Gasteiger charge is 2.16. The van der Waals surface area contributed by atoms with Gasteiger partial charge in [0.15, 0.2) is 0 Å². The van der Waals surface area contributed by atoms with E-state index in [2.05, 4.69) is 27.4 Å². The predicted molar refractivity (Wildman–Crippen MR) is 95.7 cm³/mol. The number of rotatable bonds is 5. The summed E-state index contributed by atoms with van der Waals surface area (Å²) < 4.78 is 5.53. The van der Waals surface area contributed by atoms with Crippen LogP contribution in [0.3, 0.4) is 0 Å². The van der Waals surface area contributed by atoms with Crippen LogP contribution in [0.15, 0.2) is 33.6 Å². The van der Waals surface area contributed by atoms with Crippen LogP contribution in [0.5, 0.6) is 0 Å². The first-order valence-electron chi connectivity index (χ1n) is 7.39. The normalized spacial score (nSPS) is 10.8. The topological polar surface area (TPSA) is 80.9 Å². The van der Waals surface area contributed by atoms with Gasteiger partial charge in [-0.1, -0.05) is 12.0 Å². The number of aryl methyl sites for hydroxylation is 2. The van der Waals surface area contributed by atoms with Crippen molar-refractivity contribution in [2.45, 2.75) is 25.7 Å². The summed E-state index contributed by atoms with van der Waals surface area (Å²) in [7, 11) is 0. The van der Waals surface area contributed by atoms with Gasteiger partial charge in [0.25, 0.3) is 11.8 Å². The largest absolute Gasteiger partial charge is 0.402 e. The van der Waals surface area contributed by atoms with Crippen LogP contribution >= 0.6 is 23.1 Å². The lowest BCUT2D eigenvalue weighted by Crippen LogP contribution is -2.11. The standard InChI is InChI=1S/C16H16N4O2S2/c1-4-23-12-7-5-11(6-8-12)14(21)18-16-20-19-15(22-16)13-9(2)17-10(3)24-13/h5-8H,4H2,1-3H3,(H,18,20,21). The van der Waals surface area contributed by atoms with Crippen molar-refractivity contribution in [2.75, 3.05) is 11.1 Å². The smallest absolute Gasteiger partial charge is 0.322 e. The zero-order valence-corrected chi connectivity index (χ0v) is 15.1. The summed E-state index contributed by atoms with van der Waals surface area (Å²) in [4.78, 5) is 18.5. The Kier molecular flexibility index (Phi) is 4.96. The summed E-state index contributed by atoms with van der Waals surface area (Å²) >= 11 is 3.21. The van der Waals surface area contributed by atoms with Crippen LogP contribution in [-0.4, -0.2) is 26.8 Å². The molecule has 8 heteroatoms. The van der Waals surface area contributed by atoms with Crippen molar-refractivity contribution in [3.63, 3.8) is 0 Å². The monoisotopic (exact) mass is 360 g/mol. The average Bonchev–Trinajstić information content (AvgIpc) is 3.14. The number of thioether (sulfide) groups is 1. The number of nitrogens with one attached hydrogen (secondary N) is 1. The molecule has 1 aromatic carbocycles. The molecule has 0 fully saturated rings. The Labute approximate surface area is 147 Å². The fourth-order valence-corrected chi connectivity index (χ4v) is 3.64. The Bertz CT molecular complexity index is 855.